The second-order valence-electron chi connectivity index (χ2n) is 4.72. The van der Waals surface area contributed by atoms with Gasteiger partial charge >= 0.3 is 6.03 Å². The third-order valence-electron chi connectivity index (χ3n) is 3.41. The number of nitrogens with zero attached hydrogens (tertiary/aromatic N) is 2. The topological polar surface area (TPSA) is 64.0 Å². The number of likely N-dealkylation sites (tertiary alicyclic amines) is 2. The highest BCUT2D eigenvalue weighted by Gasteiger charge is 2.34. The molecule has 0 aromatic heterocycles. The fourth-order valence-electron chi connectivity index (χ4n) is 2.39. The summed E-state index contributed by atoms with van der Waals surface area (Å²) >= 11 is 0. The first-order chi connectivity index (χ1) is 7.68. The Bertz CT molecular complexity index is 238. The molecule has 0 unspecified atom stereocenters. The van der Waals surface area contributed by atoms with Crippen molar-refractivity contribution < 1.29 is 15.0 Å². The molecule has 0 spiro atoms. The van der Waals surface area contributed by atoms with Crippen LogP contribution in [0.15, 0.2) is 0 Å². The molecule has 2 fully saturated rings. The Hall–Kier alpha value is -0.810. The summed E-state index contributed by atoms with van der Waals surface area (Å²) in [5.74, 6) is 0. The Morgan fingerprint density at radius 3 is 1.88 bits per heavy atom. The minimum absolute atomic E-state index is 0.0301. The largest absolute Gasteiger partial charge is 0.388 e. The van der Waals surface area contributed by atoms with E-state index in [2.05, 4.69) is 0 Å². The molecule has 2 aliphatic heterocycles. The van der Waals surface area contributed by atoms with Crippen molar-refractivity contribution in [3.63, 3.8) is 0 Å². The average Bonchev–Trinajstić information content (AvgIpc) is 2.51. The molecule has 2 saturated heterocycles. The van der Waals surface area contributed by atoms with Crippen LogP contribution in [-0.4, -0.2) is 64.4 Å². The van der Waals surface area contributed by atoms with Crippen LogP contribution in [0.1, 0.15) is 25.7 Å². The van der Waals surface area contributed by atoms with Gasteiger partial charge in [0, 0.05) is 13.1 Å². The second kappa shape index (κ2) is 5.01. The van der Waals surface area contributed by atoms with Gasteiger partial charge in [0.2, 0.25) is 0 Å². The van der Waals surface area contributed by atoms with E-state index in [9.17, 15) is 15.0 Å². The molecular weight excluding hydrogens is 208 g/mol. The molecule has 0 aliphatic carbocycles. The van der Waals surface area contributed by atoms with Crippen molar-refractivity contribution in [1.29, 1.82) is 0 Å². The number of amides is 2. The predicted molar refractivity (Wildman–Crippen MR) is 59.0 cm³/mol. The number of hydrogen-bond donors (Lipinski definition) is 2. The maximum absolute atomic E-state index is 12.1. The van der Waals surface area contributed by atoms with E-state index in [0.717, 1.165) is 25.9 Å². The van der Waals surface area contributed by atoms with Gasteiger partial charge in [-0.15, -0.1) is 0 Å². The second-order valence-corrected chi connectivity index (χ2v) is 4.72. The third-order valence-corrected chi connectivity index (χ3v) is 3.41. The molecule has 0 radical (unpaired) electrons. The molecule has 2 heterocycles. The number of aliphatic hydroxyl groups is 2. The van der Waals surface area contributed by atoms with E-state index in [1.165, 1.54) is 12.8 Å². The van der Waals surface area contributed by atoms with Gasteiger partial charge in [0.1, 0.15) is 0 Å². The lowest BCUT2D eigenvalue weighted by Gasteiger charge is -2.26. The van der Waals surface area contributed by atoms with Gasteiger partial charge in [0.05, 0.1) is 25.3 Å². The van der Waals surface area contributed by atoms with Crippen LogP contribution in [0.3, 0.4) is 0 Å². The first kappa shape index (κ1) is 11.7. The maximum Gasteiger partial charge on any atom is 0.320 e. The molecule has 0 aromatic rings. The smallest absolute Gasteiger partial charge is 0.320 e. The van der Waals surface area contributed by atoms with Crippen molar-refractivity contribution in [2.75, 3.05) is 26.2 Å². The summed E-state index contributed by atoms with van der Waals surface area (Å²) in [6.45, 7) is 2.13. The van der Waals surface area contributed by atoms with E-state index in [4.69, 9.17) is 0 Å². The summed E-state index contributed by atoms with van der Waals surface area (Å²) in [5, 5.41) is 18.8. The highest BCUT2D eigenvalue weighted by Crippen LogP contribution is 2.16. The lowest BCUT2D eigenvalue weighted by Crippen LogP contribution is -2.43. The highest BCUT2D eigenvalue weighted by atomic mass is 16.3. The number of urea groups is 1. The number of carbonyl (C=O) groups excluding carboxylic acids is 1. The van der Waals surface area contributed by atoms with Crippen LogP contribution in [0, 0.1) is 0 Å². The van der Waals surface area contributed by atoms with Crippen molar-refractivity contribution in [2.45, 2.75) is 37.9 Å². The fourth-order valence-corrected chi connectivity index (χ4v) is 2.39. The van der Waals surface area contributed by atoms with Crippen LogP contribution in [-0.2, 0) is 0 Å². The van der Waals surface area contributed by atoms with Crippen LogP contribution in [0.4, 0.5) is 4.79 Å². The van der Waals surface area contributed by atoms with Crippen LogP contribution in [0.2, 0.25) is 0 Å². The van der Waals surface area contributed by atoms with Crippen molar-refractivity contribution in [2.24, 2.45) is 0 Å². The first-order valence-corrected chi connectivity index (χ1v) is 6.08. The minimum atomic E-state index is -0.782. The Kier molecular flexibility index (Phi) is 3.66. The average molecular weight is 228 g/mol. The Balaban J connectivity index is 1.91. The van der Waals surface area contributed by atoms with Crippen molar-refractivity contribution in [1.82, 2.24) is 9.80 Å². The first-order valence-electron chi connectivity index (χ1n) is 6.08. The summed E-state index contributed by atoms with van der Waals surface area (Å²) < 4.78 is 0. The Morgan fingerprint density at radius 2 is 1.38 bits per heavy atom. The number of β-amino-alcohol motifs (C(OH)–C–C–N with tert-alkyl or cyclic N) is 2. The fraction of sp³-hybridized carbons (Fsp3) is 0.909. The molecule has 2 atom stereocenters. The maximum atomic E-state index is 12.1. The SMILES string of the molecule is O=C(N1CCCCCC1)N1C[C@@H](O)[C@@H](O)C1. The third kappa shape index (κ3) is 2.47. The molecule has 2 N–H and O–H groups in total. The minimum Gasteiger partial charge on any atom is -0.388 e. The molecule has 5 nitrogen and oxygen atoms in total. The normalized spacial score (nSPS) is 31.6. The van der Waals surface area contributed by atoms with Gasteiger partial charge < -0.3 is 20.0 Å². The predicted octanol–water partition coefficient (Wildman–Crippen LogP) is 0.0198. The quantitative estimate of drug-likeness (QED) is 0.614. The van der Waals surface area contributed by atoms with Crippen molar-refractivity contribution >= 4 is 6.03 Å². The summed E-state index contributed by atoms with van der Waals surface area (Å²) in [5.41, 5.74) is 0. The molecule has 2 aliphatic rings. The zero-order valence-electron chi connectivity index (χ0n) is 9.51. The highest BCUT2D eigenvalue weighted by molar-refractivity contribution is 5.75. The molecule has 2 rings (SSSR count). The number of hydrogen-bond acceptors (Lipinski definition) is 3. The summed E-state index contributed by atoms with van der Waals surface area (Å²) in [6.07, 6.45) is 2.94. The molecule has 16 heavy (non-hydrogen) atoms. The monoisotopic (exact) mass is 228 g/mol. The lowest BCUT2D eigenvalue weighted by molar-refractivity contribution is 0.0572. The standard InChI is InChI=1S/C11H20N2O3/c14-9-7-13(8-10(9)15)11(16)12-5-3-1-2-4-6-12/h9-10,14-15H,1-8H2/t9-,10+. The lowest BCUT2D eigenvalue weighted by atomic mass is 10.2. The van der Waals surface area contributed by atoms with Gasteiger partial charge in [0.25, 0.3) is 0 Å². The van der Waals surface area contributed by atoms with E-state index in [0.29, 0.717) is 0 Å². The summed E-state index contributed by atoms with van der Waals surface area (Å²) in [4.78, 5) is 15.5. The van der Waals surface area contributed by atoms with E-state index in [-0.39, 0.29) is 19.1 Å². The summed E-state index contributed by atoms with van der Waals surface area (Å²) in [6, 6.07) is -0.0301. The number of aliphatic hydroxyl groups excluding tert-OH is 2. The van der Waals surface area contributed by atoms with E-state index >= 15 is 0 Å². The van der Waals surface area contributed by atoms with Crippen LogP contribution in [0.25, 0.3) is 0 Å². The van der Waals surface area contributed by atoms with Gasteiger partial charge in [0.15, 0.2) is 0 Å². The molecule has 92 valence electrons. The van der Waals surface area contributed by atoms with Gasteiger partial charge in [-0.1, -0.05) is 12.8 Å². The van der Waals surface area contributed by atoms with Crippen molar-refractivity contribution in [3.05, 3.63) is 0 Å². The molecule has 0 aromatic carbocycles. The number of carbonyl (C=O) groups is 1. The zero-order valence-corrected chi connectivity index (χ0v) is 9.51. The van der Waals surface area contributed by atoms with Crippen LogP contribution < -0.4 is 0 Å². The molecule has 0 saturated carbocycles. The van der Waals surface area contributed by atoms with Crippen LogP contribution >= 0.6 is 0 Å². The van der Waals surface area contributed by atoms with Gasteiger partial charge in [-0.3, -0.25) is 0 Å². The van der Waals surface area contributed by atoms with E-state index in [1.54, 1.807) is 4.90 Å². The Labute approximate surface area is 95.6 Å². The Morgan fingerprint density at radius 1 is 0.875 bits per heavy atom. The molecule has 2 amide bonds. The van der Waals surface area contributed by atoms with Gasteiger partial charge in [-0.25, -0.2) is 4.79 Å². The molecular formula is C11H20N2O3. The van der Waals surface area contributed by atoms with E-state index in [1.807, 2.05) is 4.90 Å². The summed E-state index contributed by atoms with van der Waals surface area (Å²) in [7, 11) is 0. The molecule has 5 heteroatoms. The van der Waals surface area contributed by atoms with Crippen LogP contribution in [0.5, 0.6) is 0 Å². The van der Waals surface area contributed by atoms with E-state index < -0.39 is 12.2 Å². The van der Waals surface area contributed by atoms with Crippen molar-refractivity contribution in [3.8, 4) is 0 Å². The van der Waals surface area contributed by atoms with Gasteiger partial charge in [-0.05, 0) is 12.8 Å². The number of rotatable bonds is 0. The zero-order chi connectivity index (χ0) is 11.5. The molecule has 0 bridgehead atoms. The van der Waals surface area contributed by atoms with Gasteiger partial charge in [-0.2, -0.15) is 0 Å².